The van der Waals surface area contributed by atoms with E-state index in [1.807, 2.05) is 48.5 Å². The lowest BCUT2D eigenvalue weighted by Gasteiger charge is -2.22. The molecule has 1 fully saturated rings. The van der Waals surface area contributed by atoms with Gasteiger partial charge in [0.25, 0.3) is 0 Å². The number of aromatic nitrogens is 2. The molecule has 1 saturated heterocycles. The zero-order chi connectivity index (χ0) is 16.4. The van der Waals surface area contributed by atoms with Crippen LogP contribution in [0.2, 0.25) is 0 Å². The summed E-state index contributed by atoms with van der Waals surface area (Å²) in [5, 5.41) is 6.25. The summed E-state index contributed by atoms with van der Waals surface area (Å²) in [6.07, 6.45) is 3.16. The number of rotatable bonds is 3. The van der Waals surface area contributed by atoms with Gasteiger partial charge in [0.2, 0.25) is 5.91 Å². The third-order valence-corrected chi connectivity index (χ3v) is 4.44. The number of imidazole rings is 1. The molecule has 2 heterocycles. The first kappa shape index (κ1) is 14.9. The lowest BCUT2D eigenvalue weighted by atomic mass is 10.0. The molecule has 0 saturated carbocycles. The van der Waals surface area contributed by atoms with Crippen LogP contribution in [0.1, 0.15) is 19.3 Å². The lowest BCUT2D eigenvalue weighted by molar-refractivity contribution is -0.118. The van der Waals surface area contributed by atoms with Crippen molar-refractivity contribution in [3.63, 3.8) is 0 Å². The van der Waals surface area contributed by atoms with E-state index in [0.717, 1.165) is 53.9 Å². The molecule has 1 atom stereocenters. The van der Waals surface area contributed by atoms with Crippen LogP contribution in [0.25, 0.3) is 22.4 Å². The lowest BCUT2D eigenvalue weighted by Crippen LogP contribution is -2.43. The number of hydrogen-bond acceptors (Lipinski definition) is 3. The number of carbonyl (C=O) groups is 1. The van der Waals surface area contributed by atoms with Gasteiger partial charge in [0.1, 0.15) is 5.82 Å². The van der Waals surface area contributed by atoms with Crippen LogP contribution in [0.3, 0.4) is 0 Å². The maximum Gasteiger partial charge on any atom is 0.241 e. The maximum atomic E-state index is 12.2. The second-order valence-corrected chi connectivity index (χ2v) is 6.17. The van der Waals surface area contributed by atoms with Gasteiger partial charge in [0.05, 0.1) is 17.1 Å². The Morgan fingerprint density at radius 1 is 1.08 bits per heavy atom. The molecule has 0 spiro atoms. The molecule has 0 radical (unpaired) electrons. The Kier molecular flexibility index (Phi) is 4.01. The van der Waals surface area contributed by atoms with E-state index in [9.17, 15) is 4.79 Å². The molecule has 3 N–H and O–H groups in total. The highest BCUT2D eigenvalue weighted by molar-refractivity contribution is 5.95. The molecule has 1 aromatic heterocycles. The van der Waals surface area contributed by atoms with Crippen LogP contribution in [0.5, 0.6) is 0 Å². The number of nitrogens with one attached hydrogen (secondary N) is 3. The van der Waals surface area contributed by atoms with Gasteiger partial charge in [-0.1, -0.05) is 18.6 Å². The van der Waals surface area contributed by atoms with Gasteiger partial charge in [-0.15, -0.1) is 0 Å². The minimum atomic E-state index is -0.0752. The van der Waals surface area contributed by atoms with Crippen molar-refractivity contribution in [2.75, 3.05) is 11.9 Å². The van der Waals surface area contributed by atoms with E-state index in [1.54, 1.807) is 0 Å². The molecule has 4 rings (SSSR count). The van der Waals surface area contributed by atoms with E-state index in [4.69, 9.17) is 0 Å². The summed E-state index contributed by atoms with van der Waals surface area (Å²) >= 11 is 0. The number of fused-ring (bicyclic) bond motifs is 1. The van der Waals surface area contributed by atoms with Crippen LogP contribution in [-0.4, -0.2) is 28.5 Å². The van der Waals surface area contributed by atoms with Crippen LogP contribution in [0.4, 0.5) is 5.69 Å². The van der Waals surface area contributed by atoms with Gasteiger partial charge in [0.15, 0.2) is 0 Å². The number of para-hydroxylation sites is 2. The second-order valence-electron chi connectivity index (χ2n) is 6.17. The van der Waals surface area contributed by atoms with Crippen LogP contribution in [0.15, 0.2) is 48.5 Å². The quantitative estimate of drug-likeness (QED) is 0.693. The van der Waals surface area contributed by atoms with Gasteiger partial charge in [-0.3, -0.25) is 4.79 Å². The molecule has 24 heavy (non-hydrogen) atoms. The van der Waals surface area contributed by atoms with Gasteiger partial charge in [0, 0.05) is 11.3 Å². The summed E-state index contributed by atoms with van der Waals surface area (Å²) in [5.41, 5.74) is 3.79. The fourth-order valence-corrected chi connectivity index (χ4v) is 3.11. The fraction of sp³-hybridized carbons (Fsp3) is 0.263. The van der Waals surface area contributed by atoms with E-state index in [0.29, 0.717) is 0 Å². The predicted molar refractivity (Wildman–Crippen MR) is 95.8 cm³/mol. The van der Waals surface area contributed by atoms with Gasteiger partial charge >= 0.3 is 0 Å². The molecule has 1 unspecified atom stereocenters. The predicted octanol–water partition coefficient (Wildman–Crippen LogP) is 3.31. The highest BCUT2D eigenvalue weighted by Gasteiger charge is 2.20. The summed E-state index contributed by atoms with van der Waals surface area (Å²) in [7, 11) is 0. The first-order valence-corrected chi connectivity index (χ1v) is 8.39. The number of amides is 1. The van der Waals surface area contributed by atoms with Crippen molar-refractivity contribution in [3.05, 3.63) is 48.5 Å². The van der Waals surface area contributed by atoms with Crippen LogP contribution < -0.4 is 10.6 Å². The van der Waals surface area contributed by atoms with Crippen molar-refractivity contribution >= 4 is 22.6 Å². The molecule has 122 valence electrons. The number of aromatic amines is 1. The average Bonchev–Trinajstić information content (AvgIpc) is 3.07. The van der Waals surface area contributed by atoms with Crippen LogP contribution >= 0.6 is 0 Å². The highest BCUT2D eigenvalue weighted by Crippen LogP contribution is 2.22. The van der Waals surface area contributed by atoms with Crippen molar-refractivity contribution in [2.24, 2.45) is 0 Å². The molecule has 5 nitrogen and oxygen atoms in total. The molecule has 1 amide bonds. The van der Waals surface area contributed by atoms with E-state index >= 15 is 0 Å². The number of carbonyl (C=O) groups excluding carboxylic acids is 1. The zero-order valence-electron chi connectivity index (χ0n) is 13.4. The molecule has 1 aliphatic heterocycles. The minimum Gasteiger partial charge on any atom is -0.338 e. The number of anilines is 1. The number of H-pyrrole nitrogens is 1. The van der Waals surface area contributed by atoms with Gasteiger partial charge in [-0.05, 0) is 55.8 Å². The fourth-order valence-electron chi connectivity index (χ4n) is 3.11. The van der Waals surface area contributed by atoms with E-state index in [2.05, 4.69) is 20.6 Å². The largest absolute Gasteiger partial charge is 0.338 e. The Balaban J connectivity index is 1.48. The minimum absolute atomic E-state index is 0.0474. The van der Waals surface area contributed by atoms with Crippen LogP contribution in [-0.2, 0) is 4.79 Å². The third-order valence-electron chi connectivity index (χ3n) is 4.44. The van der Waals surface area contributed by atoms with Crippen molar-refractivity contribution in [1.29, 1.82) is 0 Å². The third kappa shape index (κ3) is 3.03. The average molecular weight is 320 g/mol. The van der Waals surface area contributed by atoms with Gasteiger partial charge in [-0.25, -0.2) is 4.98 Å². The van der Waals surface area contributed by atoms with E-state index < -0.39 is 0 Å². The highest BCUT2D eigenvalue weighted by atomic mass is 16.2. The summed E-state index contributed by atoms with van der Waals surface area (Å²) in [6.45, 7) is 0.920. The SMILES string of the molecule is O=C(Nc1ccc(-c2nc3ccccc3[nH]2)cc1)C1CCCCN1. The Labute approximate surface area is 140 Å². The monoisotopic (exact) mass is 320 g/mol. The second kappa shape index (κ2) is 6.45. The molecule has 5 heteroatoms. The van der Waals surface area contributed by atoms with Crippen molar-refractivity contribution in [3.8, 4) is 11.4 Å². The summed E-state index contributed by atoms with van der Waals surface area (Å²) in [6, 6.07) is 15.7. The van der Waals surface area contributed by atoms with Crippen molar-refractivity contribution in [1.82, 2.24) is 15.3 Å². The summed E-state index contributed by atoms with van der Waals surface area (Å²) in [4.78, 5) is 20.2. The van der Waals surface area contributed by atoms with Crippen molar-refractivity contribution < 1.29 is 4.79 Å². The van der Waals surface area contributed by atoms with Gasteiger partial charge in [-0.2, -0.15) is 0 Å². The molecule has 0 bridgehead atoms. The van der Waals surface area contributed by atoms with Gasteiger partial charge < -0.3 is 15.6 Å². The summed E-state index contributed by atoms with van der Waals surface area (Å²) < 4.78 is 0. The molecule has 1 aliphatic rings. The number of hydrogen-bond donors (Lipinski definition) is 3. The first-order chi connectivity index (χ1) is 11.8. The molecule has 2 aromatic carbocycles. The van der Waals surface area contributed by atoms with E-state index in [1.165, 1.54) is 0 Å². The Morgan fingerprint density at radius 3 is 2.67 bits per heavy atom. The van der Waals surface area contributed by atoms with E-state index in [-0.39, 0.29) is 11.9 Å². The number of piperidine rings is 1. The van der Waals surface area contributed by atoms with Crippen LogP contribution in [0, 0.1) is 0 Å². The summed E-state index contributed by atoms with van der Waals surface area (Å²) in [5.74, 6) is 0.884. The topological polar surface area (TPSA) is 69.8 Å². The normalized spacial score (nSPS) is 17.8. The molecular formula is C19H20N4O. The molecule has 3 aromatic rings. The molecule has 0 aliphatic carbocycles. The number of nitrogens with zero attached hydrogens (tertiary/aromatic N) is 1. The zero-order valence-corrected chi connectivity index (χ0v) is 13.4. The smallest absolute Gasteiger partial charge is 0.241 e. The number of benzene rings is 2. The first-order valence-electron chi connectivity index (χ1n) is 8.39. The Bertz CT molecular complexity index is 814. The maximum absolute atomic E-state index is 12.2. The standard InChI is InChI=1S/C19H20N4O/c24-19(17-7-3-4-12-20-17)21-14-10-8-13(9-11-14)18-22-15-5-1-2-6-16(15)23-18/h1-2,5-6,8-11,17,20H,3-4,7,12H2,(H,21,24)(H,22,23). The Hall–Kier alpha value is -2.66. The van der Waals surface area contributed by atoms with Crippen molar-refractivity contribution in [2.45, 2.75) is 25.3 Å². The molecular weight excluding hydrogens is 300 g/mol. The Morgan fingerprint density at radius 2 is 1.92 bits per heavy atom.